The van der Waals surface area contributed by atoms with E-state index >= 15 is 0 Å². The minimum absolute atomic E-state index is 0.0946. The van der Waals surface area contributed by atoms with Crippen LogP contribution in [-0.4, -0.2) is 43.0 Å². The van der Waals surface area contributed by atoms with Gasteiger partial charge in [-0.1, -0.05) is 20.8 Å². The van der Waals surface area contributed by atoms with Gasteiger partial charge >= 0.3 is 0 Å². The molecular weight excluding hydrogens is 190 g/mol. The highest BCUT2D eigenvalue weighted by Crippen LogP contribution is 2.15. The molecule has 2 atom stereocenters. The Balaban J connectivity index is 2.63. The Morgan fingerprint density at radius 3 is 2.73 bits per heavy atom. The molecule has 0 spiro atoms. The number of nitrogens with zero attached hydrogens (tertiary/aromatic N) is 1. The van der Waals surface area contributed by atoms with Gasteiger partial charge in [-0.2, -0.15) is 0 Å². The third-order valence-corrected chi connectivity index (χ3v) is 3.29. The van der Waals surface area contributed by atoms with Crippen molar-refractivity contribution in [2.24, 2.45) is 17.6 Å². The maximum absolute atomic E-state index is 12.2. The first-order valence-corrected chi connectivity index (χ1v) is 5.79. The molecule has 4 heteroatoms. The Labute approximate surface area is 92.2 Å². The van der Waals surface area contributed by atoms with E-state index in [9.17, 15) is 4.79 Å². The van der Waals surface area contributed by atoms with E-state index in [1.807, 2.05) is 11.8 Å². The monoisotopic (exact) mass is 213 g/mol. The smallest absolute Gasteiger partial charge is 0.226 e. The Hall–Kier alpha value is -0.610. The number of hydrogen-bond acceptors (Lipinski definition) is 3. The van der Waals surface area contributed by atoms with Crippen molar-refractivity contribution in [3.63, 3.8) is 0 Å². The van der Waals surface area contributed by atoms with Gasteiger partial charge in [-0.05, 0) is 5.92 Å². The van der Waals surface area contributed by atoms with Crippen LogP contribution < -0.4 is 11.1 Å². The molecule has 1 heterocycles. The Kier molecular flexibility index (Phi) is 4.54. The van der Waals surface area contributed by atoms with E-state index in [1.54, 1.807) is 0 Å². The minimum Gasteiger partial charge on any atom is -0.336 e. The summed E-state index contributed by atoms with van der Waals surface area (Å²) in [5.74, 6) is 0.741. The number of carbonyl (C=O) groups excluding carboxylic acids is 1. The van der Waals surface area contributed by atoms with Gasteiger partial charge in [0.15, 0.2) is 0 Å². The van der Waals surface area contributed by atoms with Crippen molar-refractivity contribution >= 4 is 5.91 Å². The van der Waals surface area contributed by atoms with Crippen LogP contribution in [0.2, 0.25) is 0 Å². The second-order valence-corrected chi connectivity index (χ2v) is 4.66. The zero-order chi connectivity index (χ0) is 11.4. The largest absolute Gasteiger partial charge is 0.336 e. The summed E-state index contributed by atoms with van der Waals surface area (Å²) in [6.45, 7) is 9.22. The van der Waals surface area contributed by atoms with Crippen molar-refractivity contribution in [2.75, 3.05) is 26.2 Å². The first-order chi connectivity index (χ1) is 7.07. The van der Waals surface area contributed by atoms with Gasteiger partial charge in [-0.3, -0.25) is 4.79 Å². The Morgan fingerprint density at radius 1 is 1.53 bits per heavy atom. The van der Waals surface area contributed by atoms with Crippen LogP contribution in [0, 0.1) is 11.8 Å². The van der Waals surface area contributed by atoms with Crippen molar-refractivity contribution in [1.82, 2.24) is 10.2 Å². The molecule has 0 aromatic rings. The van der Waals surface area contributed by atoms with Crippen LogP contribution in [0.4, 0.5) is 0 Å². The van der Waals surface area contributed by atoms with Crippen LogP contribution in [0.15, 0.2) is 0 Å². The van der Waals surface area contributed by atoms with E-state index in [0.717, 1.165) is 19.6 Å². The first kappa shape index (κ1) is 12.5. The van der Waals surface area contributed by atoms with Crippen LogP contribution in [0.25, 0.3) is 0 Å². The third kappa shape index (κ3) is 2.92. The van der Waals surface area contributed by atoms with Gasteiger partial charge in [0.25, 0.3) is 0 Å². The summed E-state index contributed by atoms with van der Waals surface area (Å²) in [5, 5.41) is 3.26. The van der Waals surface area contributed by atoms with Crippen LogP contribution in [-0.2, 0) is 4.79 Å². The van der Waals surface area contributed by atoms with E-state index in [2.05, 4.69) is 19.2 Å². The summed E-state index contributed by atoms with van der Waals surface area (Å²) in [6.07, 6.45) is 0. The summed E-state index contributed by atoms with van der Waals surface area (Å²) in [7, 11) is 0. The molecule has 0 aromatic carbocycles. The van der Waals surface area contributed by atoms with E-state index in [0.29, 0.717) is 12.5 Å². The van der Waals surface area contributed by atoms with Crippen molar-refractivity contribution in [1.29, 1.82) is 0 Å². The molecule has 1 aliphatic heterocycles. The van der Waals surface area contributed by atoms with Crippen LogP contribution >= 0.6 is 0 Å². The molecule has 0 bridgehead atoms. The van der Waals surface area contributed by atoms with Gasteiger partial charge in [0.1, 0.15) is 0 Å². The highest BCUT2D eigenvalue weighted by molar-refractivity contribution is 5.79. The number of amides is 1. The quantitative estimate of drug-likeness (QED) is 0.696. The number of carbonyl (C=O) groups is 1. The predicted octanol–water partition coefficient (Wildman–Crippen LogP) is 0.0376. The standard InChI is InChI=1S/C11H23N3O/c1-8(2)9(3)11(15)14-5-4-13-7-10(14)6-12/h8-10,13H,4-7,12H2,1-3H3. The molecule has 88 valence electrons. The third-order valence-electron chi connectivity index (χ3n) is 3.29. The molecule has 4 nitrogen and oxygen atoms in total. The molecule has 1 aliphatic rings. The first-order valence-electron chi connectivity index (χ1n) is 5.79. The molecule has 0 aromatic heterocycles. The fourth-order valence-electron chi connectivity index (χ4n) is 1.81. The number of hydrogen-bond donors (Lipinski definition) is 2. The summed E-state index contributed by atoms with van der Waals surface area (Å²) in [6, 6.07) is 0.174. The molecule has 0 aliphatic carbocycles. The average molecular weight is 213 g/mol. The lowest BCUT2D eigenvalue weighted by molar-refractivity contribution is -0.139. The molecule has 3 N–H and O–H groups in total. The molecule has 15 heavy (non-hydrogen) atoms. The maximum Gasteiger partial charge on any atom is 0.226 e. The van der Waals surface area contributed by atoms with Crippen LogP contribution in [0.3, 0.4) is 0 Å². The lowest BCUT2D eigenvalue weighted by atomic mass is 9.95. The van der Waals surface area contributed by atoms with Crippen molar-refractivity contribution in [3.8, 4) is 0 Å². The molecule has 1 saturated heterocycles. The van der Waals surface area contributed by atoms with Crippen LogP contribution in [0.5, 0.6) is 0 Å². The SMILES string of the molecule is CC(C)C(C)C(=O)N1CCNCC1CN. The van der Waals surface area contributed by atoms with Gasteiger partial charge in [0.05, 0.1) is 6.04 Å². The molecule has 2 unspecified atom stereocenters. The summed E-state index contributed by atoms with van der Waals surface area (Å²) < 4.78 is 0. The predicted molar refractivity (Wildman–Crippen MR) is 61.4 cm³/mol. The normalized spacial score (nSPS) is 24.3. The van der Waals surface area contributed by atoms with Gasteiger partial charge in [-0.15, -0.1) is 0 Å². The molecule has 1 amide bonds. The second kappa shape index (κ2) is 5.47. The zero-order valence-corrected chi connectivity index (χ0v) is 9.99. The lowest BCUT2D eigenvalue weighted by Crippen LogP contribution is -2.57. The van der Waals surface area contributed by atoms with Crippen molar-refractivity contribution < 1.29 is 4.79 Å². The zero-order valence-electron chi connectivity index (χ0n) is 9.99. The Morgan fingerprint density at radius 2 is 2.20 bits per heavy atom. The summed E-state index contributed by atoms with van der Waals surface area (Å²) in [5.41, 5.74) is 5.67. The molecule has 1 rings (SSSR count). The fraction of sp³-hybridized carbons (Fsp3) is 0.909. The summed E-state index contributed by atoms with van der Waals surface area (Å²) >= 11 is 0. The van der Waals surface area contributed by atoms with Crippen molar-refractivity contribution in [2.45, 2.75) is 26.8 Å². The molecular formula is C11H23N3O. The highest BCUT2D eigenvalue weighted by atomic mass is 16.2. The maximum atomic E-state index is 12.2. The number of nitrogens with one attached hydrogen (secondary N) is 1. The van der Waals surface area contributed by atoms with E-state index in [-0.39, 0.29) is 17.9 Å². The summed E-state index contributed by atoms with van der Waals surface area (Å²) in [4.78, 5) is 14.1. The lowest BCUT2D eigenvalue weighted by Gasteiger charge is -2.37. The second-order valence-electron chi connectivity index (χ2n) is 4.66. The van der Waals surface area contributed by atoms with Gasteiger partial charge in [0, 0.05) is 32.1 Å². The topological polar surface area (TPSA) is 58.4 Å². The van der Waals surface area contributed by atoms with E-state index in [1.165, 1.54) is 0 Å². The van der Waals surface area contributed by atoms with Gasteiger partial charge < -0.3 is 16.0 Å². The van der Waals surface area contributed by atoms with E-state index < -0.39 is 0 Å². The Bertz CT molecular complexity index is 218. The number of piperazine rings is 1. The fourth-order valence-corrected chi connectivity index (χ4v) is 1.81. The van der Waals surface area contributed by atoms with Crippen LogP contribution in [0.1, 0.15) is 20.8 Å². The molecule has 0 radical (unpaired) electrons. The molecule has 0 saturated carbocycles. The highest BCUT2D eigenvalue weighted by Gasteiger charge is 2.29. The molecule has 1 fully saturated rings. The van der Waals surface area contributed by atoms with Gasteiger partial charge in [-0.25, -0.2) is 0 Å². The number of rotatable bonds is 3. The van der Waals surface area contributed by atoms with Crippen molar-refractivity contribution in [3.05, 3.63) is 0 Å². The minimum atomic E-state index is 0.0946. The van der Waals surface area contributed by atoms with Gasteiger partial charge in [0.2, 0.25) is 5.91 Å². The van der Waals surface area contributed by atoms with E-state index in [4.69, 9.17) is 5.73 Å². The average Bonchev–Trinajstić information content (AvgIpc) is 2.26. The number of nitrogens with two attached hydrogens (primary N) is 1.